The van der Waals surface area contributed by atoms with Crippen LogP contribution in [-0.2, 0) is 0 Å². The van der Waals surface area contributed by atoms with Gasteiger partial charge in [0.1, 0.15) is 5.76 Å². The molecule has 116 valence electrons. The molecule has 0 aliphatic carbocycles. The van der Waals surface area contributed by atoms with E-state index in [4.69, 9.17) is 13.9 Å². The van der Waals surface area contributed by atoms with Gasteiger partial charge in [-0.2, -0.15) is 0 Å². The zero-order chi connectivity index (χ0) is 15.8. The maximum Gasteiger partial charge on any atom is 0.253 e. The fraction of sp³-hybridized carbons (Fsp3) is 0.133. The summed E-state index contributed by atoms with van der Waals surface area (Å²) in [4.78, 5) is 4.75. The summed E-state index contributed by atoms with van der Waals surface area (Å²) in [6.45, 7) is 1.75. The number of nitrogens with zero attached hydrogens (tertiary/aromatic N) is 3. The molecule has 3 heterocycles. The number of rotatable bonds is 3. The van der Waals surface area contributed by atoms with E-state index in [1.165, 1.54) is 0 Å². The zero-order valence-electron chi connectivity index (χ0n) is 12.1. The maximum absolute atomic E-state index is 11.5. The Morgan fingerprint density at radius 3 is 2.83 bits per heavy atom. The topological polar surface area (TPSA) is 96.9 Å². The van der Waals surface area contributed by atoms with Crippen LogP contribution in [0.15, 0.2) is 44.6 Å². The van der Waals surface area contributed by atoms with Crippen molar-refractivity contribution in [2.24, 2.45) is 4.99 Å². The van der Waals surface area contributed by atoms with Crippen molar-refractivity contribution in [3.8, 4) is 22.8 Å². The van der Waals surface area contributed by atoms with Crippen LogP contribution in [0.4, 0.5) is 5.69 Å². The molecule has 2 aromatic heterocycles. The van der Waals surface area contributed by atoms with Crippen LogP contribution in [0, 0.1) is 12.1 Å². The Hall–Kier alpha value is -3.29. The first-order valence-electron chi connectivity index (χ1n) is 6.80. The van der Waals surface area contributed by atoms with E-state index in [0.29, 0.717) is 44.8 Å². The van der Waals surface area contributed by atoms with E-state index in [1.54, 1.807) is 43.7 Å². The molecule has 0 radical (unpaired) electrons. The number of ether oxygens (including phenoxy) is 2. The first-order valence-corrected chi connectivity index (χ1v) is 6.80. The lowest BCUT2D eigenvalue weighted by atomic mass is 10.1. The number of fused-ring (bicyclic) bond motifs is 1. The monoisotopic (exact) mass is 313 g/mol. The number of aliphatic imine (C=N–C) groups is 1. The van der Waals surface area contributed by atoms with Crippen molar-refractivity contribution in [2.45, 2.75) is 6.92 Å². The van der Waals surface area contributed by atoms with Gasteiger partial charge in [0.05, 0.1) is 23.7 Å². The maximum atomic E-state index is 11.5. The average Bonchev–Trinajstić information content (AvgIpc) is 3.27. The highest BCUT2D eigenvalue weighted by Gasteiger charge is 2.24. The van der Waals surface area contributed by atoms with E-state index in [1.807, 2.05) is 0 Å². The van der Waals surface area contributed by atoms with Crippen LogP contribution in [-0.4, -0.2) is 18.2 Å². The minimum absolute atomic E-state index is 0.138. The van der Waals surface area contributed by atoms with Crippen LogP contribution >= 0.6 is 0 Å². The third kappa shape index (κ3) is 2.30. The Morgan fingerprint density at radius 1 is 1.30 bits per heavy atom. The van der Waals surface area contributed by atoms with Gasteiger partial charge in [0.15, 0.2) is 11.5 Å². The molecule has 0 saturated heterocycles. The van der Waals surface area contributed by atoms with Crippen LogP contribution in [0.5, 0.6) is 11.5 Å². The molecule has 0 saturated carbocycles. The van der Waals surface area contributed by atoms with E-state index >= 15 is 0 Å². The van der Waals surface area contributed by atoms with Crippen molar-refractivity contribution in [3.63, 3.8) is 0 Å². The van der Waals surface area contributed by atoms with E-state index < -0.39 is 0 Å². The van der Waals surface area contributed by atoms with Gasteiger partial charge in [-0.3, -0.25) is 9.62 Å². The van der Waals surface area contributed by atoms with Gasteiger partial charge in [0, 0.05) is 18.1 Å². The van der Waals surface area contributed by atoms with Crippen LogP contribution in [0.1, 0.15) is 11.5 Å². The van der Waals surface area contributed by atoms with Gasteiger partial charge < -0.3 is 19.1 Å². The van der Waals surface area contributed by atoms with Crippen molar-refractivity contribution in [2.75, 3.05) is 6.79 Å². The summed E-state index contributed by atoms with van der Waals surface area (Å²) in [5.41, 5.74) is 1.89. The van der Waals surface area contributed by atoms with Crippen molar-refractivity contribution in [3.05, 3.63) is 47.2 Å². The van der Waals surface area contributed by atoms with Crippen LogP contribution in [0.2, 0.25) is 0 Å². The van der Waals surface area contributed by atoms with Gasteiger partial charge in [-0.25, -0.2) is 0 Å². The first-order chi connectivity index (χ1) is 11.2. The second kappa shape index (κ2) is 5.16. The molecule has 0 spiro atoms. The molecule has 0 unspecified atom stereocenters. The molecule has 1 aliphatic heterocycles. The summed E-state index contributed by atoms with van der Waals surface area (Å²) in [6, 6.07) is 7.00. The predicted octanol–water partition coefficient (Wildman–Crippen LogP) is 2.36. The molecule has 1 aliphatic rings. The Balaban J connectivity index is 1.84. The lowest BCUT2D eigenvalue weighted by Crippen LogP contribution is -2.25. The minimum atomic E-state index is 0.138. The lowest BCUT2D eigenvalue weighted by Gasteiger charge is -2.03. The van der Waals surface area contributed by atoms with Gasteiger partial charge in [0.2, 0.25) is 12.5 Å². The molecule has 0 N–H and O–H groups in total. The SMILES string of the molecule is Cc1c(-c2cc3c(cc2N=Cc2ccco2)OCO3)no[n+]1[O-]. The fourth-order valence-electron chi connectivity index (χ4n) is 2.26. The molecule has 23 heavy (non-hydrogen) atoms. The number of benzene rings is 1. The van der Waals surface area contributed by atoms with Crippen molar-refractivity contribution >= 4 is 11.9 Å². The fourth-order valence-corrected chi connectivity index (χ4v) is 2.26. The Kier molecular flexibility index (Phi) is 3.00. The summed E-state index contributed by atoms with van der Waals surface area (Å²) in [7, 11) is 0. The number of hydrogen-bond donors (Lipinski definition) is 0. The second-order valence-electron chi connectivity index (χ2n) is 4.86. The summed E-state index contributed by atoms with van der Waals surface area (Å²) < 4.78 is 20.6. The highest BCUT2D eigenvalue weighted by atomic mass is 16.8. The Morgan fingerprint density at radius 2 is 2.13 bits per heavy atom. The molecular weight excluding hydrogens is 302 g/mol. The van der Waals surface area contributed by atoms with E-state index in [9.17, 15) is 5.21 Å². The molecule has 3 aromatic rings. The summed E-state index contributed by atoms with van der Waals surface area (Å²) >= 11 is 0. The average molecular weight is 313 g/mol. The molecule has 4 rings (SSSR count). The molecule has 0 atom stereocenters. The van der Waals surface area contributed by atoms with Crippen molar-refractivity contribution in [1.29, 1.82) is 0 Å². The Bertz CT molecular complexity index is 883. The van der Waals surface area contributed by atoms with Crippen LogP contribution in [0.25, 0.3) is 11.3 Å². The second-order valence-corrected chi connectivity index (χ2v) is 4.86. The lowest BCUT2D eigenvalue weighted by molar-refractivity contribution is -0.806. The van der Waals surface area contributed by atoms with Gasteiger partial charge in [-0.1, -0.05) is 0 Å². The normalized spacial score (nSPS) is 13.1. The third-order valence-corrected chi connectivity index (χ3v) is 3.44. The van der Waals surface area contributed by atoms with E-state index in [2.05, 4.69) is 14.8 Å². The van der Waals surface area contributed by atoms with Crippen molar-refractivity contribution < 1.29 is 23.4 Å². The van der Waals surface area contributed by atoms with E-state index in [-0.39, 0.29) is 6.79 Å². The summed E-state index contributed by atoms with van der Waals surface area (Å²) in [5.74, 6) is 1.75. The van der Waals surface area contributed by atoms with Crippen LogP contribution < -0.4 is 14.4 Å². The highest BCUT2D eigenvalue weighted by molar-refractivity contribution is 5.85. The van der Waals surface area contributed by atoms with Gasteiger partial charge in [0.25, 0.3) is 5.69 Å². The molecule has 0 amide bonds. The Labute approximate surface area is 130 Å². The van der Waals surface area contributed by atoms with E-state index in [0.717, 1.165) is 0 Å². The number of aromatic nitrogens is 2. The standard InChI is InChI=1S/C15H11N3O5/c1-9-15(17-23-18(9)19)11-5-13-14(22-8-21-13)6-12(11)16-7-10-3-2-4-20-10/h2-7H,8H2,1H3. The summed E-state index contributed by atoms with van der Waals surface area (Å²) in [5, 5.41) is 15.3. The predicted molar refractivity (Wildman–Crippen MR) is 77.7 cm³/mol. The third-order valence-electron chi connectivity index (χ3n) is 3.44. The van der Waals surface area contributed by atoms with Gasteiger partial charge in [-0.05, 0) is 23.1 Å². The molecular formula is C15H11N3O5. The zero-order valence-corrected chi connectivity index (χ0v) is 12.1. The van der Waals surface area contributed by atoms with Crippen molar-refractivity contribution in [1.82, 2.24) is 5.16 Å². The van der Waals surface area contributed by atoms with Gasteiger partial charge in [-0.15, -0.1) is 0 Å². The molecule has 8 heteroatoms. The largest absolute Gasteiger partial charge is 0.463 e. The first kappa shape index (κ1) is 13.4. The quantitative estimate of drug-likeness (QED) is 0.544. The number of furan rings is 1. The molecule has 8 nitrogen and oxygen atoms in total. The summed E-state index contributed by atoms with van der Waals surface area (Å²) in [6.07, 6.45) is 3.13. The highest BCUT2D eigenvalue weighted by Crippen LogP contribution is 2.42. The smallest absolute Gasteiger partial charge is 0.253 e. The minimum Gasteiger partial charge on any atom is -0.463 e. The van der Waals surface area contributed by atoms with Crippen LogP contribution in [0.3, 0.4) is 0 Å². The van der Waals surface area contributed by atoms with Gasteiger partial charge >= 0.3 is 0 Å². The number of hydrogen-bond acceptors (Lipinski definition) is 7. The molecule has 1 aromatic carbocycles. The molecule has 0 bridgehead atoms. The molecule has 0 fully saturated rings.